The van der Waals surface area contributed by atoms with E-state index in [1.807, 2.05) is 0 Å². The summed E-state index contributed by atoms with van der Waals surface area (Å²) in [7, 11) is 0. The van der Waals surface area contributed by atoms with Crippen molar-refractivity contribution in [1.82, 2.24) is 0 Å². The van der Waals surface area contributed by atoms with Crippen LogP contribution in [0.15, 0.2) is 34.8 Å². The highest BCUT2D eigenvalue weighted by atomic mass is 79.9. The van der Waals surface area contributed by atoms with Crippen molar-refractivity contribution in [2.45, 2.75) is 65.7 Å². The minimum absolute atomic E-state index is 0.517. The maximum absolute atomic E-state index is 6.33. The van der Waals surface area contributed by atoms with Crippen molar-refractivity contribution in [3.8, 4) is 11.1 Å². The van der Waals surface area contributed by atoms with Crippen molar-refractivity contribution in [3.05, 3.63) is 51.5 Å². The van der Waals surface area contributed by atoms with Crippen LogP contribution in [0.25, 0.3) is 11.1 Å². The minimum Gasteiger partial charge on any atom is -0.398 e. The zero-order valence-corrected chi connectivity index (χ0v) is 17.2. The van der Waals surface area contributed by atoms with Crippen LogP contribution in [0.1, 0.15) is 76.0 Å². The van der Waals surface area contributed by atoms with Crippen LogP contribution in [0.4, 0.5) is 5.69 Å². The van der Waals surface area contributed by atoms with E-state index in [2.05, 4.69) is 80.9 Å². The number of nitrogens with two attached hydrogens (primary N) is 1. The Balaban J connectivity index is 2.67. The van der Waals surface area contributed by atoms with E-state index in [1.165, 1.54) is 27.8 Å². The number of anilines is 1. The van der Waals surface area contributed by atoms with Gasteiger partial charge in [0.2, 0.25) is 0 Å². The summed E-state index contributed by atoms with van der Waals surface area (Å²) in [6, 6.07) is 11.1. The molecule has 1 atom stereocenters. The van der Waals surface area contributed by atoms with Crippen LogP contribution >= 0.6 is 15.9 Å². The highest BCUT2D eigenvalue weighted by molar-refractivity contribution is 9.10. The first kappa shape index (κ1) is 19.1. The van der Waals surface area contributed by atoms with Crippen LogP contribution in [-0.4, -0.2) is 0 Å². The van der Waals surface area contributed by atoms with Gasteiger partial charge in [-0.15, -0.1) is 0 Å². The average molecular weight is 388 g/mol. The summed E-state index contributed by atoms with van der Waals surface area (Å²) in [6.07, 6.45) is 3.31. The second kappa shape index (κ2) is 8.20. The lowest BCUT2D eigenvalue weighted by Crippen LogP contribution is -2.05. The van der Waals surface area contributed by atoms with E-state index in [-0.39, 0.29) is 0 Å². The number of rotatable bonds is 6. The fraction of sp³-hybridized carbons (Fsp3) is 0.455. The zero-order chi connectivity index (χ0) is 17.9. The van der Waals surface area contributed by atoms with Gasteiger partial charge in [0.1, 0.15) is 0 Å². The van der Waals surface area contributed by atoms with E-state index in [1.54, 1.807) is 0 Å². The lowest BCUT2D eigenvalue weighted by molar-refractivity contribution is 0.719. The van der Waals surface area contributed by atoms with Crippen molar-refractivity contribution in [2.75, 3.05) is 5.73 Å². The van der Waals surface area contributed by atoms with Gasteiger partial charge < -0.3 is 5.73 Å². The van der Waals surface area contributed by atoms with Gasteiger partial charge in [-0.25, -0.2) is 0 Å². The Hall–Kier alpha value is -1.28. The quantitative estimate of drug-likeness (QED) is 0.517. The molecule has 0 bridgehead atoms. The number of halogens is 1. The highest BCUT2D eigenvalue weighted by Crippen LogP contribution is 2.41. The maximum atomic E-state index is 6.33. The first-order valence-electron chi connectivity index (χ1n) is 9.11. The van der Waals surface area contributed by atoms with Crippen molar-refractivity contribution in [1.29, 1.82) is 0 Å². The van der Waals surface area contributed by atoms with Crippen molar-refractivity contribution >= 4 is 21.6 Å². The fourth-order valence-corrected chi connectivity index (χ4v) is 3.83. The van der Waals surface area contributed by atoms with Gasteiger partial charge in [0, 0.05) is 10.2 Å². The van der Waals surface area contributed by atoms with E-state index in [4.69, 9.17) is 5.73 Å². The standard InChI is InChI=1S/C22H30BrN/c1-6-8-18-21(15(5)7-2)19(13-20(24)22(18)23)17-11-9-16(10-12-17)14(3)4/h9-15H,6-8,24H2,1-5H3. The molecule has 0 aliphatic carbocycles. The van der Waals surface area contributed by atoms with Crippen molar-refractivity contribution in [3.63, 3.8) is 0 Å². The summed E-state index contributed by atoms with van der Waals surface area (Å²) < 4.78 is 1.09. The van der Waals surface area contributed by atoms with Gasteiger partial charge in [-0.05, 0) is 74.5 Å². The van der Waals surface area contributed by atoms with Gasteiger partial charge in [-0.3, -0.25) is 0 Å². The van der Waals surface area contributed by atoms with Gasteiger partial charge in [0.15, 0.2) is 0 Å². The fourth-order valence-electron chi connectivity index (χ4n) is 3.30. The topological polar surface area (TPSA) is 26.0 Å². The highest BCUT2D eigenvalue weighted by Gasteiger charge is 2.19. The first-order valence-corrected chi connectivity index (χ1v) is 9.90. The molecule has 0 heterocycles. The van der Waals surface area contributed by atoms with E-state index < -0.39 is 0 Å². The Morgan fingerprint density at radius 2 is 1.67 bits per heavy atom. The molecule has 0 spiro atoms. The van der Waals surface area contributed by atoms with Gasteiger partial charge in [-0.1, -0.05) is 65.3 Å². The molecule has 0 fully saturated rings. The van der Waals surface area contributed by atoms with Gasteiger partial charge in [0.05, 0.1) is 0 Å². The van der Waals surface area contributed by atoms with Gasteiger partial charge in [0.25, 0.3) is 0 Å². The molecular formula is C22H30BrN. The lowest BCUT2D eigenvalue weighted by atomic mass is 9.84. The third-order valence-electron chi connectivity index (χ3n) is 4.93. The molecule has 2 heteroatoms. The molecular weight excluding hydrogens is 358 g/mol. The summed E-state index contributed by atoms with van der Waals surface area (Å²) in [5.41, 5.74) is 14.0. The SMILES string of the molecule is CCCc1c(Br)c(N)cc(-c2ccc(C(C)C)cc2)c1C(C)CC. The second-order valence-electron chi connectivity index (χ2n) is 7.06. The molecule has 2 aromatic carbocycles. The molecule has 0 aromatic heterocycles. The smallest absolute Gasteiger partial charge is 0.0467 e. The Kier molecular flexibility index (Phi) is 6.51. The molecule has 2 aromatic rings. The summed E-state index contributed by atoms with van der Waals surface area (Å²) in [5.74, 6) is 1.07. The summed E-state index contributed by atoms with van der Waals surface area (Å²) in [5, 5.41) is 0. The van der Waals surface area contributed by atoms with E-state index in [9.17, 15) is 0 Å². The molecule has 1 nitrogen and oxygen atoms in total. The molecule has 24 heavy (non-hydrogen) atoms. The third kappa shape index (κ3) is 3.85. The van der Waals surface area contributed by atoms with Crippen LogP contribution in [0.3, 0.4) is 0 Å². The van der Waals surface area contributed by atoms with Crippen LogP contribution in [0.5, 0.6) is 0 Å². The van der Waals surface area contributed by atoms with E-state index >= 15 is 0 Å². The largest absolute Gasteiger partial charge is 0.398 e. The number of benzene rings is 2. The van der Waals surface area contributed by atoms with E-state index in [0.717, 1.165) is 29.4 Å². The summed E-state index contributed by atoms with van der Waals surface area (Å²) in [4.78, 5) is 0. The van der Waals surface area contributed by atoms with E-state index in [0.29, 0.717) is 11.8 Å². The van der Waals surface area contributed by atoms with Gasteiger partial charge in [-0.2, -0.15) is 0 Å². The lowest BCUT2D eigenvalue weighted by Gasteiger charge is -2.23. The van der Waals surface area contributed by atoms with Crippen molar-refractivity contribution < 1.29 is 0 Å². The second-order valence-corrected chi connectivity index (χ2v) is 7.85. The summed E-state index contributed by atoms with van der Waals surface area (Å²) in [6.45, 7) is 11.3. The predicted octanol–water partition coefficient (Wildman–Crippen LogP) is 7.29. The molecule has 0 amide bonds. The molecule has 0 radical (unpaired) electrons. The van der Waals surface area contributed by atoms with Gasteiger partial charge >= 0.3 is 0 Å². The molecule has 0 aliphatic heterocycles. The third-order valence-corrected chi connectivity index (χ3v) is 5.86. The van der Waals surface area contributed by atoms with Crippen LogP contribution in [0, 0.1) is 0 Å². The van der Waals surface area contributed by atoms with Crippen LogP contribution in [0.2, 0.25) is 0 Å². The Labute approximate surface area is 155 Å². The maximum Gasteiger partial charge on any atom is 0.0467 e. The Bertz CT molecular complexity index is 686. The average Bonchev–Trinajstić information content (AvgIpc) is 2.58. The molecule has 2 N–H and O–H groups in total. The normalized spacial score (nSPS) is 12.6. The molecule has 0 saturated heterocycles. The zero-order valence-electron chi connectivity index (χ0n) is 15.6. The minimum atomic E-state index is 0.517. The molecule has 130 valence electrons. The Morgan fingerprint density at radius 1 is 1.04 bits per heavy atom. The predicted molar refractivity (Wildman–Crippen MR) is 111 cm³/mol. The number of nitrogen functional groups attached to an aromatic ring is 1. The monoisotopic (exact) mass is 387 g/mol. The van der Waals surface area contributed by atoms with Crippen molar-refractivity contribution in [2.24, 2.45) is 0 Å². The summed E-state index contributed by atoms with van der Waals surface area (Å²) >= 11 is 3.74. The van der Waals surface area contributed by atoms with Crippen LogP contribution in [-0.2, 0) is 6.42 Å². The number of hydrogen-bond donors (Lipinski definition) is 1. The molecule has 1 unspecified atom stereocenters. The first-order chi connectivity index (χ1) is 11.4. The Morgan fingerprint density at radius 3 is 2.17 bits per heavy atom. The molecule has 0 saturated carbocycles. The number of hydrogen-bond acceptors (Lipinski definition) is 1. The molecule has 0 aliphatic rings. The molecule has 2 rings (SSSR count). The van der Waals surface area contributed by atoms with Crippen LogP contribution < -0.4 is 5.73 Å².